The molecule has 6 nitrogen and oxygen atoms in total. The van der Waals surface area contributed by atoms with Crippen molar-refractivity contribution in [2.24, 2.45) is 16.9 Å². The van der Waals surface area contributed by atoms with E-state index >= 15 is 0 Å². The summed E-state index contributed by atoms with van der Waals surface area (Å²) in [5.41, 5.74) is 3.91. The molecule has 2 aliphatic carbocycles. The normalized spacial score (nSPS) is 23.5. The first-order valence-corrected chi connectivity index (χ1v) is 10.5. The predicted octanol–water partition coefficient (Wildman–Crippen LogP) is 3.88. The number of aryl methyl sites for hydroxylation is 1. The van der Waals surface area contributed by atoms with E-state index in [1.165, 1.54) is 36.8 Å². The molecule has 4 rings (SSSR count). The fourth-order valence-electron chi connectivity index (χ4n) is 4.74. The van der Waals surface area contributed by atoms with Gasteiger partial charge in [-0.15, -0.1) is 0 Å². The standard InChI is InChI=1S/C22H28N4O2/c1-2-13-26-22(28)19-10-6-5-9-18(19)20(25-26)21(27)24-23-17-12-11-15-7-3-4-8-16(15)14-17/h5-6,9-10,15-16H,2-4,7-8,11-14H2,1H3,(H,24,27)/b23-17-/t15-,16+/m0/s1. The van der Waals surface area contributed by atoms with Gasteiger partial charge < -0.3 is 0 Å². The minimum absolute atomic E-state index is 0.157. The Morgan fingerprint density at radius 2 is 1.93 bits per heavy atom. The molecule has 2 saturated carbocycles. The van der Waals surface area contributed by atoms with Crippen molar-refractivity contribution in [3.8, 4) is 0 Å². The third-order valence-corrected chi connectivity index (χ3v) is 6.20. The fourth-order valence-corrected chi connectivity index (χ4v) is 4.74. The van der Waals surface area contributed by atoms with Crippen molar-refractivity contribution < 1.29 is 4.79 Å². The molecule has 0 saturated heterocycles. The summed E-state index contributed by atoms with van der Waals surface area (Å²) in [4.78, 5) is 25.4. The summed E-state index contributed by atoms with van der Waals surface area (Å²) < 4.78 is 1.39. The second kappa shape index (κ2) is 8.25. The molecular formula is C22H28N4O2. The van der Waals surface area contributed by atoms with Crippen LogP contribution in [0.3, 0.4) is 0 Å². The Morgan fingerprint density at radius 3 is 2.71 bits per heavy atom. The molecule has 148 valence electrons. The highest BCUT2D eigenvalue weighted by Gasteiger charge is 2.30. The Bertz CT molecular complexity index is 963. The van der Waals surface area contributed by atoms with Gasteiger partial charge in [-0.25, -0.2) is 10.1 Å². The number of carbonyl (C=O) groups excluding carboxylic acids is 1. The van der Waals surface area contributed by atoms with Gasteiger partial charge in [-0.3, -0.25) is 9.59 Å². The number of amides is 1. The summed E-state index contributed by atoms with van der Waals surface area (Å²) in [6.07, 6.45) is 9.22. The zero-order valence-corrected chi connectivity index (χ0v) is 16.5. The van der Waals surface area contributed by atoms with Gasteiger partial charge in [-0.2, -0.15) is 10.2 Å². The van der Waals surface area contributed by atoms with Crippen molar-refractivity contribution >= 4 is 22.4 Å². The zero-order chi connectivity index (χ0) is 19.5. The minimum Gasteiger partial charge on any atom is -0.267 e. The van der Waals surface area contributed by atoms with Crippen LogP contribution in [-0.4, -0.2) is 21.4 Å². The first-order valence-electron chi connectivity index (χ1n) is 10.5. The highest BCUT2D eigenvalue weighted by atomic mass is 16.2. The number of fused-ring (bicyclic) bond motifs is 2. The lowest BCUT2D eigenvalue weighted by Crippen LogP contribution is -2.31. The molecule has 0 unspecified atom stereocenters. The number of carbonyl (C=O) groups is 1. The van der Waals surface area contributed by atoms with Crippen molar-refractivity contribution in [3.05, 3.63) is 40.3 Å². The molecule has 1 aromatic carbocycles. The monoisotopic (exact) mass is 380 g/mol. The molecule has 0 aliphatic heterocycles. The van der Waals surface area contributed by atoms with Crippen molar-refractivity contribution in [3.63, 3.8) is 0 Å². The van der Waals surface area contributed by atoms with Crippen LogP contribution in [-0.2, 0) is 6.54 Å². The van der Waals surface area contributed by atoms with E-state index in [0.29, 0.717) is 17.3 Å². The van der Waals surface area contributed by atoms with Crippen LogP contribution in [0.4, 0.5) is 0 Å². The zero-order valence-electron chi connectivity index (χ0n) is 16.5. The molecule has 1 aromatic heterocycles. The third kappa shape index (κ3) is 3.73. The second-order valence-corrected chi connectivity index (χ2v) is 8.09. The molecule has 0 radical (unpaired) electrons. The minimum atomic E-state index is -0.348. The van der Waals surface area contributed by atoms with Gasteiger partial charge in [0, 0.05) is 17.6 Å². The molecule has 1 N–H and O–H groups in total. The number of benzene rings is 1. The van der Waals surface area contributed by atoms with E-state index in [-0.39, 0.29) is 17.2 Å². The van der Waals surface area contributed by atoms with E-state index in [9.17, 15) is 9.59 Å². The highest BCUT2D eigenvalue weighted by Crippen LogP contribution is 2.39. The average molecular weight is 380 g/mol. The summed E-state index contributed by atoms with van der Waals surface area (Å²) in [5, 5.41) is 9.88. The Kier molecular flexibility index (Phi) is 5.55. The molecule has 2 aromatic rings. The maximum atomic E-state index is 12.9. The average Bonchev–Trinajstić information content (AvgIpc) is 2.74. The van der Waals surface area contributed by atoms with Crippen LogP contribution in [0.25, 0.3) is 10.8 Å². The second-order valence-electron chi connectivity index (χ2n) is 8.09. The SMILES string of the molecule is CCCn1nc(C(=O)N/N=C2/CC[C@@H]3CCCC[C@@H]3C2)c2ccccc2c1=O. The number of aromatic nitrogens is 2. The van der Waals surface area contributed by atoms with Gasteiger partial charge in [-0.1, -0.05) is 44.4 Å². The van der Waals surface area contributed by atoms with Crippen LogP contribution < -0.4 is 11.0 Å². The molecule has 2 fully saturated rings. The van der Waals surface area contributed by atoms with Gasteiger partial charge in [0.05, 0.1) is 5.39 Å². The molecule has 2 aliphatic rings. The summed E-state index contributed by atoms with van der Waals surface area (Å²) in [7, 11) is 0. The van der Waals surface area contributed by atoms with Gasteiger partial charge >= 0.3 is 0 Å². The van der Waals surface area contributed by atoms with Crippen LogP contribution >= 0.6 is 0 Å². The van der Waals surface area contributed by atoms with Crippen LogP contribution in [0.5, 0.6) is 0 Å². The number of hydrogen-bond donors (Lipinski definition) is 1. The third-order valence-electron chi connectivity index (χ3n) is 6.20. The first-order chi connectivity index (χ1) is 13.7. The fraction of sp³-hybridized carbons (Fsp3) is 0.545. The Labute approximate surface area is 165 Å². The molecule has 0 spiro atoms. The lowest BCUT2D eigenvalue weighted by atomic mass is 9.70. The molecule has 28 heavy (non-hydrogen) atoms. The van der Waals surface area contributed by atoms with E-state index in [4.69, 9.17) is 0 Å². The topological polar surface area (TPSA) is 76.3 Å². The van der Waals surface area contributed by atoms with E-state index in [1.54, 1.807) is 12.1 Å². The van der Waals surface area contributed by atoms with Crippen molar-refractivity contribution in [1.29, 1.82) is 0 Å². The smallest absolute Gasteiger partial charge is 0.267 e. The van der Waals surface area contributed by atoms with Crippen molar-refractivity contribution in [1.82, 2.24) is 15.2 Å². The van der Waals surface area contributed by atoms with Gasteiger partial charge in [0.15, 0.2) is 5.69 Å². The van der Waals surface area contributed by atoms with Crippen LogP contribution in [0.2, 0.25) is 0 Å². The summed E-state index contributed by atoms with van der Waals surface area (Å²) in [5.74, 6) is 1.22. The number of nitrogens with zero attached hydrogens (tertiary/aromatic N) is 3. The molecule has 0 bridgehead atoms. The Morgan fingerprint density at radius 1 is 1.18 bits per heavy atom. The maximum Gasteiger partial charge on any atom is 0.292 e. The lowest BCUT2D eigenvalue weighted by Gasteiger charge is -2.35. The first kappa shape index (κ1) is 18.8. The van der Waals surface area contributed by atoms with Crippen LogP contribution in [0.1, 0.15) is 68.8 Å². The van der Waals surface area contributed by atoms with Crippen molar-refractivity contribution in [2.75, 3.05) is 0 Å². The summed E-state index contributed by atoms with van der Waals surface area (Å²) in [6.45, 7) is 2.47. The van der Waals surface area contributed by atoms with Crippen LogP contribution in [0, 0.1) is 11.8 Å². The molecule has 6 heteroatoms. The largest absolute Gasteiger partial charge is 0.292 e. The van der Waals surface area contributed by atoms with Crippen molar-refractivity contribution in [2.45, 2.75) is 64.8 Å². The van der Waals surface area contributed by atoms with Gasteiger partial charge in [0.25, 0.3) is 11.5 Å². The number of hydrogen-bond acceptors (Lipinski definition) is 4. The maximum absolute atomic E-state index is 12.9. The Hall–Kier alpha value is -2.50. The summed E-state index contributed by atoms with van der Waals surface area (Å²) >= 11 is 0. The van der Waals surface area contributed by atoms with Gasteiger partial charge in [-0.05, 0) is 50.0 Å². The molecule has 2 atom stereocenters. The van der Waals surface area contributed by atoms with Gasteiger partial charge in [0.2, 0.25) is 0 Å². The van der Waals surface area contributed by atoms with E-state index in [1.807, 2.05) is 19.1 Å². The number of hydrazone groups is 1. The molecule has 1 amide bonds. The van der Waals surface area contributed by atoms with Crippen LogP contribution in [0.15, 0.2) is 34.2 Å². The predicted molar refractivity (Wildman–Crippen MR) is 110 cm³/mol. The Balaban J connectivity index is 1.57. The number of rotatable bonds is 4. The molecule has 1 heterocycles. The lowest BCUT2D eigenvalue weighted by molar-refractivity contribution is 0.0948. The number of nitrogens with one attached hydrogen (secondary N) is 1. The molecular weight excluding hydrogens is 352 g/mol. The van der Waals surface area contributed by atoms with E-state index < -0.39 is 0 Å². The highest BCUT2D eigenvalue weighted by molar-refractivity contribution is 6.05. The summed E-state index contributed by atoms with van der Waals surface area (Å²) in [6, 6.07) is 7.15. The van der Waals surface area contributed by atoms with E-state index in [2.05, 4.69) is 15.6 Å². The quantitative estimate of drug-likeness (QED) is 0.818. The van der Waals surface area contributed by atoms with Gasteiger partial charge in [0.1, 0.15) is 0 Å². The van der Waals surface area contributed by atoms with E-state index in [0.717, 1.165) is 36.8 Å².